The van der Waals surface area contributed by atoms with Crippen LogP contribution in [0.4, 0.5) is 11.5 Å². The van der Waals surface area contributed by atoms with Crippen molar-refractivity contribution in [1.82, 2.24) is 9.97 Å². The molecule has 0 fully saturated rings. The summed E-state index contributed by atoms with van der Waals surface area (Å²) >= 11 is 5.90. The minimum absolute atomic E-state index is 0.151. The summed E-state index contributed by atoms with van der Waals surface area (Å²) in [5, 5.41) is 11.3. The fourth-order valence-electron chi connectivity index (χ4n) is 1.34. The van der Waals surface area contributed by atoms with Crippen molar-refractivity contribution in [3.05, 3.63) is 45.7 Å². The molecule has 0 bridgehead atoms. The largest absolute Gasteiger partial charge is 0.432 e. The van der Waals surface area contributed by atoms with Gasteiger partial charge in [-0.15, -0.1) is 0 Å². The average Bonchev–Trinajstić information content (AvgIpc) is 2.40. The molecular weight excluding hydrogens is 274 g/mol. The number of hydrogen-bond donors (Lipinski definition) is 2. The van der Waals surface area contributed by atoms with Crippen molar-refractivity contribution in [1.29, 1.82) is 0 Å². The zero-order valence-electron chi connectivity index (χ0n) is 9.41. The van der Waals surface area contributed by atoms with E-state index in [1.165, 1.54) is 0 Å². The molecule has 9 heteroatoms. The van der Waals surface area contributed by atoms with Crippen LogP contribution >= 0.6 is 11.6 Å². The van der Waals surface area contributed by atoms with Crippen LogP contribution in [-0.4, -0.2) is 14.9 Å². The van der Waals surface area contributed by atoms with E-state index in [1.807, 2.05) is 0 Å². The van der Waals surface area contributed by atoms with Gasteiger partial charge in [0.1, 0.15) is 12.1 Å². The fourth-order valence-corrected chi connectivity index (χ4v) is 1.51. The standard InChI is InChI=1S/C10H8ClN5O3/c11-6-3-1-2-4-7(6)19-10-8(16(17)18)9(15-12)13-5-14-10/h1-5H,12H2,(H,13,14,15). The average molecular weight is 282 g/mol. The topological polar surface area (TPSA) is 116 Å². The predicted octanol–water partition coefficient (Wildman–Crippen LogP) is 2.12. The van der Waals surface area contributed by atoms with Crippen LogP contribution in [0.1, 0.15) is 0 Å². The number of para-hydroxylation sites is 1. The molecule has 0 aliphatic carbocycles. The van der Waals surface area contributed by atoms with Gasteiger partial charge >= 0.3 is 11.6 Å². The van der Waals surface area contributed by atoms with Gasteiger partial charge in [-0.3, -0.25) is 10.1 Å². The molecule has 0 aliphatic heterocycles. The number of hydrogen-bond acceptors (Lipinski definition) is 7. The lowest BCUT2D eigenvalue weighted by Gasteiger charge is -2.08. The van der Waals surface area contributed by atoms with Gasteiger partial charge in [0.25, 0.3) is 0 Å². The minimum atomic E-state index is -0.693. The molecule has 19 heavy (non-hydrogen) atoms. The predicted molar refractivity (Wildman–Crippen MR) is 68.0 cm³/mol. The van der Waals surface area contributed by atoms with Crippen LogP contribution in [0.3, 0.4) is 0 Å². The zero-order valence-corrected chi connectivity index (χ0v) is 10.2. The number of nitrogen functional groups attached to an aromatic ring is 1. The smallest absolute Gasteiger partial charge is 0.374 e. The first-order chi connectivity index (χ1) is 9.13. The van der Waals surface area contributed by atoms with Gasteiger partial charge in [0.15, 0.2) is 0 Å². The van der Waals surface area contributed by atoms with Crippen LogP contribution in [0.5, 0.6) is 11.6 Å². The van der Waals surface area contributed by atoms with Gasteiger partial charge < -0.3 is 10.2 Å². The molecule has 0 radical (unpaired) electrons. The summed E-state index contributed by atoms with van der Waals surface area (Å²) in [5.41, 5.74) is 1.64. The molecule has 0 unspecified atom stereocenters. The highest BCUT2D eigenvalue weighted by Crippen LogP contribution is 2.35. The third kappa shape index (κ3) is 2.69. The van der Waals surface area contributed by atoms with Gasteiger partial charge in [-0.2, -0.15) is 4.98 Å². The van der Waals surface area contributed by atoms with Gasteiger partial charge in [-0.05, 0) is 12.1 Å². The van der Waals surface area contributed by atoms with E-state index in [0.29, 0.717) is 5.02 Å². The maximum absolute atomic E-state index is 11.0. The van der Waals surface area contributed by atoms with Crippen molar-refractivity contribution in [2.24, 2.45) is 5.84 Å². The minimum Gasteiger partial charge on any atom is -0.432 e. The van der Waals surface area contributed by atoms with E-state index in [4.69, 9.17) is 22.2 Å². The number of aromatic nitrogens is 2. The lowest BCUT2D eigenvalue weighted by Crippen LogP contribution is -2.12. The Balaban J connectivity index is 2.46. The third-order valence-corrected chi connectivity index (χ3v) is 2.46. The fraction of sp³-hybridized carbons (Fsp3) is 0. The van der Waals surface area contributed by atoms with Crippen LogP contribution in [-0.2, 0) is 0 Å². The Kier molecular flexibility index (Phi) is 3.74. The Hall–Kier alpha value is -2.45. The summed E-state index contributed by atoms with van der Waals surface area (Å²) in [7, 11) is 0. The maximum atomic E-state index is 11.0. The van der Waals surface area contributed by atoms with Crippen LogP contribution in [0.25, 0.3) is 0 Å². The number of nitrogens with one attached hydrogen (secondary N) is 1. The second-order valence-corrected chi connectivity index (χ2v) is 3.72. The normalized spacial score (nSPS) is 10.0. The molecule has 0 spiro atoms. The quantitative estimate of drug-likeness (QED) is 0.501. The van der Waals surface area contributed by atoms with Crippen LogP contribution in [0, 0.1) is 10.1 Å². The second-order valence-electron chi connectivity index (χ2n) is 3.31. The summed E-state index contributed by atoms with van der Waals surface area (Å²) < 4.78 is 5.32. The van der Waals surface area contributed by atoms with E-state index in [-0.39, 0.29) is 17.4 Å². The van der Waals surface area contributed by atoms with Gasteiger partial charge in [-0.25, -0.2) is 10.8 Å². The molecule has 1 heterocycles. The Morgan fingerprint density at radius 2 is 2.11 bits per heavy atom. The molecular formula is C10H8ClN5O3. The molecule has 0 atom stereocenters. The summed E-state index contributed by atoms with van der Waals surface area (Å²) in [6, 6.07) is 6.53. The van der Waals surface area contributed by atoms with Crippen molar-refractivity contribution >= 4 is 23.1 Å². The molecule has 1 aromatic heterocycles. The SMILES string of the molecule is NNc1ncnc(Oc2ccccc2Cl)c1[N+](=O)[O-]. The summed E-state index contributed by atoms with van der Waals surface area (Å²) in [6.07, 6.45) is 1.09. The summed E-state index contributed by atoms with van der Waals surface area (Å²) in [5.74, 6) is 5.00. The van der Waals surface area contributed by atoms with Crippen molar-refractivity contribution in [2.45, 2.75) is 0 Å². The van der Waals surface area contributed by atoms with E-state index in [0.717, 1.165) is 6.33 Å². The van der Waals surface area contributed by atoms with Crippen LogP contribution in [0.2, 0.25) is 5.02 Å². The van der Waals surface area contributed by atoms with Crippen molar-refractivity contribution in [3.63, 3.8) is 0 Å². The van der Waals surface area contributed by atoms with Crippen molar-refractivity contribution in [3.8, 4) is 11.6 Å². The number of nitrogens with zero attached hydrogens (tertiary/aromatic N) is 3. The molecule has 98 valence electrons. The first-order valence-electron chi connectivity index (χ1n) is 5.02. The lowest BCUT2D eigenvalue weighted by atomic mass is 10.3. The Bertz CT molecular complexity index is 622. The number of nitro groups is 1. The summed E-state index contributed by atoms with van der Waals surface area (Å²) in [6.45, 7) is 0. The molecule has 2 aromatic rings. The maximum Gasteiger partial charge on any atom is 0.374 e. The van der Waals surface area contributed by atoms with E-state index < -0.39 is 10.6 Å². The van der Waals surface area contributed by atoms with E-state index in [9.17, 15) is 10.1 Å². The number of nitrogens with two attached hydrogens (primary N) is 1. The van der Waals surface area contributed by atoms with E-state index in [2.05, 4.69) is 15.4 Å². The molecule has 0 aliphatic rings. The third-order valence-electron chi connectivity index (χ3n) is 2.15. The number of benzene rings is 1. The highest BCUT2D eigenvalue weighted by Gasteiger charge is 2.24. The number of anilines is 1. The van der Waals surface area contributed by atoms with Crippen LogP contribution < -0.4 is 16.0 Å². The first kappa shape index (κ1) is 13.0. The van der Waals surface area contributed by atoms with E-state index >= 15 is 0 Å². The van der Waals surface area contributed by atoms with Gasteiger partial charge in [-0.1, -0.05) is 23.7 Å². The van der Waals surface area contributed by atoms with Crippen molar-refractivity contribution < 1.29 is 9.66 Å². The molecule has 0 saturated carbocycles. The molecule has 0 amide bonds. The zero-order chi connectivity index (χ0) is 13.8. The molecule has 8 nitrogen and oxygen atoms in total. The highest BCUT2D eigenvalue weighted by atomic mass is 35.5. The van der Waals surface area contributed by atoms with Gasteiger partial charge in [0.05, 0.1) is 9.95 Å². The molecule has 0 saturated heterocycles. The lowest BCUT2D eigenvalue weighted by molar-refractivity contribution is -0.385. The molecule has 3 N–H and O–H groups in total. The number of hydrazine groups is 1. The van der Waals surface area contributed by atoms with Crippen molar-refractivity contribution in [2.75, 3.05) is 5.43 Å². The number of ether oxygens (including phenoxy) is 1. The molecule has 1 aromatic carbocycles. The second kappa shape index (κ2) is 5.46. The van der Waals surface area contributed by atoms with Gasteiger partial charge in [0, 0.05) is 0 Å². The van der Waals surface area contributed by atoms with E-state index in [1.54, 1.807) is 24.3 Å². The molecule has 2 rings (SSSR count). The monoisotopic (exact) mass is 281 g/mol. The van der Waals surface area contributed by atoms with Gasteiger partial charge in [0.2, 0.25) is 5.82 Å². The number of rotatable bonds is 4. The first-order valence-corrected chi connectivity index (χ1v) is 5.39. The Morgan fingerprint density at radius 3 is 2.74 bits per heavy atom. The Morgan fingerprint density at radius 1 is 1.37 bits per heavy atom. The number of halogens is 1. The highest BCUT2D eigenvalue weighted by molar-refractivity contribution is 6.32. The Labute approximate surface area is 112 Å². The summed E-state index contributed by atoms with van der Waals surface area (Å²) in [4.78, 5) is 17.7. The van der Waals surface area contributed by atoms with Crippen LogP contribution in [0.15, 0.2) is 30.6 Å².